The third-order valence-electron chi connectivity index (χ3n) is 3.03. The summed E-state index contributed by atoms with van der Waals surface area (Å²) in [6, 6.07) is 0.821. The van der Waals surface area contributed by atoms with Crippen LogP contribution in [-0.2, 0) is 4.74 Å². The van der Waals surface area contributed by atoms with E-state index < -0.39 is 0 Å². The molecule has 0 saturated heterocycles. The Morgan fingerprint density at radius 1 is 1.29 bits per heavy atom. The third-order valence-corrected chi connectivity index (χ3v) is 3.03. The first-order chi connectivity index (χ1) is 6.88. The lowest BCUT2D eigenvalue weighted by molar-refractivity contribution is 0.0943. The first-order valence-electron chi connectivity index (χ1n) is 5.90. The van der Waals surface area contributed by atoms with Crippen molar-refractivity contribution in [3.63, 3.8) is 0 Å². The predicted molar refractivity (Wildman–Crippen MR) is 59.4 cm³/mol. The average Bonchev–Trinajstić information content (AvgIpc) is 2.71. The molecule has 3 nitrogen and oxygen atoms in total. The van der Waals surface area contributed by atoms with Gasteiger partial charge in [-0.05, 0) is 19.4 Å². The summed E-state index contributed by atoms with van der Waals surface area (Å²) in [5.74, 6) is 0. The molecular weight excluding hydrogens is 176 g/mol. The van der Waals surface area contributed by atoms with Crippen molar-refractivity contribution in [2.24, 2.45) is 5.73 Å². The summed E-state index contributed by atoms with van der Waals surface area (Å²) < 4.78 is 5.41. The fraction of sp³-hybridized carbons (Fsp3) is 1.00. The maximum atomic E-state index is 5.41. The maximum absolute atomic E-state index is 5.41. The van der Waals surface area contributed by atoms with E-state index in [1.807, 2.05) is 0 Å². The van der Waals surface area contributed by atoms with Gasteiger partial charge in [0.15, 0.2) is 0 Å². The van der Waals surface area contributed by atoms with Crippen LogP contribution in [0.4, 0.5) is 0 Å². The van der Waals surface area contributed by atoms with Gasteiger partial charge >= 0.3 is 0 Å². The van der Waals surface area contributed by atoms with Crippen molar-refractivity contribution in [1.82, 2.24) is 4.90 Å². The lowest BCUT2D eigenvalue weighted by atomic mass is 10.2. The highest BCUT2D eigenvalue weighted by Gasteiger charge is 2.20. The molecular formula is C11H24N2O. The molecule has 0 aromatic heterocycles. The largest absolute Gasteiger partial charge is 0.379 e. The average molecular weight is 200 g/mol. The van der Waals surface area contributed by atoms with E-state index in [0.29, 0.717) is 13.2 Å². The van der Waals surface area contributed by atoms with E-state index >= 15 is 0 Å². The Hall–Kier alpha value is -0.120. The molecule has 1 fully saturated rings. The van der Waals surface area contributed by atoms with E-state index in [1.54, 1.807) is 0 Å². The molecule has 3 heteroatoms. The van der Waals surface area contributed by atoms with E-state index in [4.69, 9.17) is 10.5 Å². The summed E-state index contributed by atoms with van der Waals surface area (Å²) in [4.78, 5) is 2.55. The Labute approximate surface area is 87.6 Å². The van der Waals surface area contributed by atoms with Crippen molar-refractivity contribution in [2.75, 3.05) is 32.8 Å². The molecule has 0 aliphatic heterocycles. The summed E-state index contributed by atoms with van der Waals surface area (Å²) in [5, 5.41) is 0. The molecule has 1 saturated carbocycles. The van der Waals surface area contributed by atoms with Crippen LogP contribution in [-0.4, -0.2) is 43.8 Å². The van der Waals surface area contributed by atoms with Gasteiger partial charge in [0.25, 0.3) is 0 Å². The van der Waals surface area contributed by atoms with Crippen molar-refractivity contribution in [3.8, 4) is 0 Å². The molecule has 84 valence electrons. The fourth-order valence-electron chi connectivity index (χ4n) is 2.24. The Bertz CT molecular complexity index is 135. The normalized spacial score (nSPS) is 18.2. The molecule has 0 atom stereocenters. The topological polar surface area (TPSA) is 38.5 Å². The lowest BCUT2D eigenvalue weighted by Gasteiger charge is -2.27. The molecule has 0 aromatic carbocycles. The lowest BCUT2D eigenvalue weighted by Crippen LogP contribution is -2.36. The van der Waals surface area contributed by atoms with Crippen LogP contribution in [0.5, 0.6) is 0 Å². The van der Waals surface area contributed by atoms with Gasteiger partial charge in [-0.25, -0.2) is 0 Å². The van der Waals surface area contributed by atoms with E-state index in [2.05, 4.69) is 11.8 Å². The van der Waals surface area contributed by atoms with Gasteiger partial charge in [0.2, 0.25) is 0 Å². The summed E-state index contributed by atoms with van der Waals surface area (Å²) >= 11 is 0. The summed E-state index contributed by atoms with van der Waals surface area (Å²) in [6.07, 6.45) is 5.57. The maximum Gasteiger partial charge on any atom is 0.0594 e. The number of likely N-dealkylation sites (N-methyl/N-ethyl adjacent to an activating group) is 1. The summed E-state index contributed by atoms with van der Waals surface area (Å²) in [5.41, 5.74) is 5.36. The Morgan fingerprint density at radius 2 is 2.00 bits per heavy atom. The fourth-order valence-corrected chi connectivity index (χ4v) is 2.24. The number of nitrogens with two attached hydrogens (primary N) is 1. The molecule has 2 N–H and O–H groups in total. The predicted octanol–water partition coefficient (Wildman–Crippen LogP) is 1.23. The molecule has 1 aliphatic carbocycles. The second-order valence-corrected chi connectivity index (χ2v) is 3.97. The highest BCUT2D eigenvalue weighted by molar-refractivity contribution is 4.76. The van der Waals surface area contributed by atoms with E-state index in [1.165, 1.54) is 25.7 Å². The number of hydrogen-bond acceptors (Lipinski definition) is 3. The number of ether oxygens (including phenoxy) is 1. The Morgan fingerprint density at radius 3 is 2.57 bits per heavy atom. The molecule has 1 aliphatic rings. The van der Waals surface area contributed by atoms with Crippen molar-refractivity contribution >= 4 is 0 Å². The van der Waals surface area contributed by atoms with Crippen LogP contribution in [0.25, 0.3) is 0 Å². The van der Waals surface area contributed by atoms with Crippen LogP contribution in [0.2, 0.25) is 0 Å². The molecule has 14 heavy (non-hydrogen) atoms. The quantitative estimate of drug-likeness (QED) is 0.628. The smallest absolute Gasteiger partial charge is 0.0594 e. The van der Waals surface area contributed by atoms with Crippen molar-refractivity contribution in [2.45, 2.75) is 38.6 Å². The minimum absolute atomic E-state index is 0.634. The van der Waals surface area contributed by atoms with Gasteiger partial charge in [0.05, 0.1) is 13.2 Å². The van der Waals surface area contributed by atoms with Gasteiger partial charge < -0.3 is 10.5 Å². The van der Waals surface area contributed by atoms with Gasteiger partial charge in [-0.3, -0.25) is 4.90 Å². The second kappa shape index (κ2) is 7.21. The zero-order chi connectivity index (χ0) is 10.2. The minimum atomic E-state index is 0.634. The standard InChI is InChI=1S/C11H24N2O/c1-2-13(8-10-14-9-7-12)11-5-3-4-6-11/h11H,2-10,12H2,1H3. The van der Waals surface area contributed by atoms with Crippen molar-refractivity contribution < 1.29 is 4.74 Å². The number of hydrogen-bond donors (Lipinski definition) is 1. The van der Waals surface area contributed by atoms with Crippen molar-refractivity contribution in [1.29, 1.82) is 0 Å². The molecule has 0 amide bonds. The van der Waals surface area contributed by atoms with Crippen LogP contribution < -0.4 is 5.73 Å². The Balaban J connectivity index is 2.11. The monoisotopic (exact) mass is 200 g/mol. The molecule has 1 rings (SSSR count). The van der Waals surface area contributed by atoms with Crippen LogP contribution in [0, 0.1) is 0 Å². The van der Waals surface area contributed by atoms with E-state index in [9.17, 15) is 0 Å². The van der Waals surface area contributed by atoms with Gasteiger partial charge in [0.1, 0.15) is 0 Å². The van der Waals surface area contributed by atoms with Gasteiger partial charge in [-0.15, -0.1) is 0 Å². The summed E-state index contributed by atoms with van der Waals surface area (Å²) in [7, 11) is 0. The van der Waals surface area contributed by atoms with E-state index in [-0.39, 0.29) is 0 Å². The number of nitrogens with zero attached hydrogens (tertiary/aromatic N) is 1. The molecule has 0 radical (unpaired) electrons. The van der Waals surface area contributed by atoms with Crippen LogP contribution >= 0.6 is 0 Å². The first kappa shape index (κ1) is 12.0. The Kier molecular flexibility index (Phi) is 6.15. The third kappa shape index (κ3) is 3.95. The molecule has 0 heterocycles. The second-order valence-electron chi connectivity index (χ2n) is 3.97. The van der Waals surface area contributed by atoms with Crippen LogP contribution in [0.15, 0.2) is 0 Å². The molecule has 0 spiro atoms. The molecule has 0 bridgehead atoms. The minimum Gasteiger partial charge on any atom is -0.379 e. The van der Waals surface area contributed by atoms with Crippen molar-refractivity contribution in [3.05, 3.63) is 0 Å². The highest BCUT2D eigenvalue weighted by Crippen LogP contribution is 2.22. The first-order valence-corrected chi connectivity index (χ1v) is 5.90. The van der Waals surface area contributed by atoms with Crippen LogP contribution in [0.1, 0.15) is 32.6 Å². The van der Waals surface area contributed by atoms with Gasteiger partial charge in [0, 0.05) is 19.1 Å². The molecule has 0 aromatic rings. The van der Waals surface area contributed by atoms with E-state index in [0.717, 1.165) is 25.7 Å². The number of rotatable bonds is 7. The van der Waals surface area contributed by atoms with Crippen LogP contribution in [0.3, 0.4) is 0 Å². The molecule has 0 unspecified atom stereocenters. The highest BCUT2D eigenvalue weighted by atomic mass is 16.5. The SMILES string of the molecule is CCN(CCOCCN)C1CCCC1. The van der Waals surface area contributed by atoms with Gasteiger partial charge in [-0.2, -0.15) is 0 Å². The summed E-state index contributed by atoms with van der Waals surface area (Å²) in [6.45, 7) is 6.62. The zero-order valence-corrected chi connectivity index (χ0v) is 9.37. The zero-order valence-electron chi connectivity index (χ0n) is 9.37. The van der Waals surface area contributed by atoms with Gasteiger partial charge in [-0.1, -0.05) is 19.8 Å².